The number of nitrogens with one attached hydrogen (secondary N) is 2. The summed E-state index contributed by atoms with van der Waals surface area (Å²) >= 11 is 1.23. The fraction of sp³-hybridized carbons (Fsp3) is 0.458. The van der Waals surface area contributed by atoms with E-state index in [-0.39, 0.29) is 11.7 Å². The minimum Gasteiger partial charge on any atom is -0.491 e. The number of amides is 1. The zero-order valence-electron chi connectivity index (χ0n) is 19.3. The molecule has 9 nitrogen and oxygen atoms in total. The second-order valence-corrected chi connectivity index (χ2v) is 8.01. The topological polar surface area (TPSA) is 112 Å². The average Bonchev–Trinajstić information content (AvgIpc) is 2.84. The van der Waals surface area contributed by atoms with Crippen LogP contribution < -0.4 is 15.7 Å². The van der Waals surface area contributed by atoms with Crippen molar-refractivity contribution in [3.05, 3.63) is 52.1 Å². The number of terminal acetylenes is 1. The predicted molar refractivity (Wildman–Crippen MR) is 130 cm³/mol. The molecule has 2 aromatic rings. The van der Waals surface area contributed by atoms with E-state index in [1.54, 1.807) is 6.20 Å². The molecule has 0 saturated heterocycles. The number of carbonyl (C=O) groups is 1. The van der Waals surface area contributed by atoms with Gasteiger partial charge >= 0.3 is 5.69 Å². The largest absolute Gasteiger partial charge is 0.491 e. The normalized spacial score (nSPS) is 10.6. The molecule has 1 aromatic heterocycles. The van der Waals surface area contributed by atoms with Gasteiger partial charge in [0.2, 0.25) is 5.91 Å². The summed E-state index contributed by atoms with van der Waals surface area (Å²) < 4.78 is 21.8. The van der Waals surface area contributed by atoms with Crippen LogP contribution in [-0.2, 0) is 25.5 Å². The summed E-state index contributed by atoms with van der Waals surface area (Å²) in [5.74, 6) is 3.29. The third-order valence-electron chi connectivity index (χ3n) is 4.34. The van der Waals surface area contributed by atoms with Crippen LogP contribution in [0, 0.1) is 19.3 Å². The minimum atomic E-state index is -0.425. The first kappa shape index (κ1) is 27.4. The smallest absolute Gasteiger partial charge is 0.345 e. The van der Waals surface area contributed by atoms with E-state index in [0.29, 0.717) is 64.2 Å². The third-order valence-corrected chi connectivity index (χ3v) is 5.43. The highest BCUT2D eigenvalue weighted by Crippen LogP contribution is 2.17. The van der Waals surface area contributed by atoms with Crippen LogP contribution in [0.1, 0.15) is 17.5 Å². The molecule has 1 amide bonds. The fourth-order valence-corrected chi connectivity index (χ4v) is 3.37. The second kappa shape index (κ2) is 16.7. The predicted octanol–water partition coefficient (Wildman–Crippen LogP) is 1.94. The summed E-state index contributed by atoms with van der Waals surface area (Å²) in [7, 11) is 0. The monoisotopic (exact) mass is 489 g/mol. The molecule has 1 aromatic carbocycles. The Balaban J connectivity index is 1.51. The van der Waals surface area contributed by atoms with Crippen LogP contribution >= 0.6 is 11.8 Å². The number of hydrogen-bond acceptors (Lipinski definition) is 8. The molecule has 0 saturated carbocycles. The number of aromatic nitrogens is 2. The van der Waals surface area contributed by atoms with Gasteiger partial charge in [-0.3, -0.25) is 4.79 Å². The molecule has 0 spiro atoms. The number of rotatable bonds is 17. The Hall–Kier alpha value is -2.84. The summed E-state index contributed by atoms with van der Waals surface area (Å²) in [6.07, 6.45) is 7.33. The van der Waals surface area contributed by atoms with Gasteiger partial charge in [0.25, 0.3) is 0 Å². The van der Waals surface area contributed by atoms with Gasteiger partial charge in [0.15, 0.2) is 0 Å². The molecule has 2 N–H and O–H groups in total. The summed E-state index contributed by atoms with van der Waals surface area (Å²) in [6, 6.07) is 7.49. The molecule has 34 heavy (non-hydrogen) atoms. The first-order valence-corrected chi connectivity index (χ1v) is 11.9. The van der Waals surface area contributed by atoms with E-state index in [4.69, 9.17) is 25.4 Å². The number of ether oxygens (including phenoxy) is 4. The van der Waals surface area contributed by atoms with Crippen molar-refractivity contribution >= 4 is 17.7 Å². The van der Waals surface area contributed by atoms with Gasteiger partial charge in [0.05, 0.1) is 45.4 Å². The van der Waals surface area contributed by atoms with Crippen molar-refractivity contribution in [3.8, 4) is 18.1 Å². The Morgan fingerprint density at radius 3 is 2.38 bits per heavy atom. The molecule has 0 aliphatic carbocycles. The number of aromatic amines is 1. The van der Waals surface area contributed by atoms with Gasteiger partial charge in [-0.2, -0.15) is 4.98 Å². The lowest BCUT2D eigenvalue weighted by Gasteiger charge is -2.09. The summed E-state index contributed by atoms with van der Waals surface area (Å²) in [5, 5.41) is 3.41. The van der Waals surface area contributed by atoms with E-state index in [1.807, 2.05) is 31.2 Å². The van der Waals surface area contributed by atoms with Crippen LogP contribution in [0.3, 0.4) is 0 Å². The van der Waals surface area contributed by atoms with E-state index >= 15 is 0 Å². The molecule has 0 unspecified atom stereocenters. The molecule has 0 bridgehead atoms. The van der Waals surface area contributed by atoms with Crippen molar-refractivity contribution in [1.82, 2.24) is 15.3 Å². The van der Waals surface area contributed by atoms with Crippen molar-refractivity contribution in [2.45, 2.75) is 24.9 Å². The van der Waals surface area contributed by atoms with Gasteiger partial charge in [-0.25, -0.2) is 4.79 Å². The molecule has 2 rings (SSSR count). The van der Waals surface area contributed by atoms with Gasteiger partial charge in [0.1, 0.15) is 17.4 Å². The lowest BCUT2D eigenvalue weighted by Crippen LogP contribution is -2.24. The molecular formula is C24H31N3O6S. The Bertz CT molecular complexity index is 958. The number of aryl methyl sites for hydroxylation is 1. The lowest BCUT2D eigenvalue weighted by molar-refractivity contribution is -0.118. The van der Waals surface area contributed by atoms with E-state index in [0.717, 1.165) is 16.9 Å². The molecule has 1 heterocycles. The maximum atomic E-state index is 12.1. The molecule has 0 atom stereocenters. The quantitative estimate of drug-likeness (QED) is 0.150. The highest BCUT2D eigenvalue weighted by atomic mass is 32.2. The van der Waals surface area contributed by atoms with Crippen LogP contribution in [0.25, 0.3) is 0 Å². The second-order valence-electron chi connectivity index (χ2n) is 7.04. The number of hydrogen-bond donors (Lipinski definition) is 2. The first-order valence-electron chi connectivity index (χ1n) is 10.9. The molecule has 184 valence electrons. The molecule has 0 aliphatic rings. The van der Waals surface area contributed by atoms with Crippen molar-refractivity contribution < 1.29 is 23.7 Å². The molecule has 0 fully saturated rings. The van der Waals surface area contributed by atoms with Gasteiger partial charge in [-0.1, -0.05) is 23.9 Å². The van der Waals surface area contributed by atoms with Crippen LogP contribution in [0.4, 0.5) is 0 Å². The van der Waals surface area contributed by atoms with Gasteiger partial charge in [-0.05, 0) is 30.2 Å². The van der Waals surface area contributed by atoms with Crippen molar-refractivity contribution in [1.29, 1.82) is 0 Å². The lowest BCUT2D eigenvalue weighted by atomic mass is 10.2. The Kier molecular flexibility index (Phi) is 13.5. The molecular weight excluding hydrogens is 458 g/mol. The highest BCUT2D eigenvalue weighted by Gasteiger charge is 2.07. The number of H-pyrrole nitrogens is 1. The zero-order chi connectivity index (χ0) is 24.4. The fourth-order valence-electron chi connectivity index (χ4n) is 2.57. The maximum Gasteiger partial charge on any atom is 0.345 e. The van der Waals surface area contributed by atoms with Gasteiger partial charge in [-0.15, -0.1) is 12.3 Å². The van der Waals surface area contributed by atoms with Crippen LogP contribution in [-0.4, -0.2) is 67.9 Å². The molecule has 0 radical (unpaired) electrons. The average molecular weight is 490 g/mol. The first-order chi connectivity index (χ1) is 16.6. The van der Waals surface area contributed by atoms with Crippen molar-refractivity contribution in [3.63, 3.8) is 0 Å². The van der Waals surface area contributed by atoms with E-state index in [9.17, 15) is 9.59 Å². The number of thioether (sulfide) groups is 1. The van der Waals surface area contributed by atoms with E-state index in [1.165, 1.54) is 11.8 Å². The number of nitrogens with zero attached hydrogens (tertiary/aromatic N) is 1. The number of carbonyl (C=O) groups excluding carboxylic acids is 1. The summed E-state index contributed by atoms with van der Waals surface area (Å²) in [6.45, 7) is 5.70. The highest BCUT2D eigenvalue weighted by molar-refractivity contribution is 7.99. The van der Waals surface area contributed by atoms with Crippen molar-refractivity contribution in [2.75, 3.05) is 52.0 Å². The SMILES string of the molecule is C#CCCOCCOCCOCCOc1ccc(CNC(=O)CSc2nc(=O)[nH]cc2C)cc1. The zero-order valence-corrected chi connectivity index (χ0v) is 20.2. The molecule has 0 aliphatic heterocycles. The Morgan fingerprint density at radius 1 is 1.06 bits per heavy atom. The standard InChI is InChI=1S/C24H31N3O6S/c1-3-4-9-30-10-11-31-12-13-32-14-15-33-21-7-5-20(6-8-21)17-25-22(28)18-34-23-19(2)16-26-24(29)27-23/h1,5-8,16H,4,9-15,17-18H2,2H3,(H,25,28)(H,26,27,29). The minimum absolute atomic E-state index is 0.135. The summed E-state index contributed by atoms with van der Waals surface area (Å²) in [4.78, 5) is 29.8. The maximum absolute atomic E-state index is 12.1. The van der Waals surface area contributed by atoms with Crippen molar-refractivity contribution in [2.24, 2.45) is 0 Å². The summed E-state index contributed by atoms with van der Waals surface area (Å²) in [5.41, 5.74) is 1.35. The Labute approximate surface area is 203 Å². The van der Waals surface area contributed by atoms with Crippen LogP contribution in [0.2, 0.25) is 0 Å². The molecule has 10 heteroatoms. The third kappa shape index (κ3) is 11.9. The van der Waals surface area contributed by atoms with Gasteiger partial charge < -0.3 is 29.2 Å². The number of benzene rings is 1. The van der Waals surface area contributed by atoms with E-state index in [2.05, 4.69) is 21.2 Å². The van der Waals surface area contributed by atoms with Gasteiger partial charge in [0, 0.05) is 19.2 Å². The van der Waals surface area contributed by atoms with Crippen LogP contribution in [0.15, 0.2) is 40.3 Å². The van der Waals surface area contributed by atoms with Crippen LogP contribution in [0.5, 0.6) is 5.75 Å². The Morgan fingerprint density at radius 2 is 1.71 bits per heavy atom. The van der Waals surface area contributed by atoms with E-state index < -0.39 is 5.69 Å².